The van der Waals surface area contributed by atoms with Crippen LogP contribution in [-0.4, -0.2) is 36.3 Å². The first-order valence-corrected chi connectivity index (χ1v) is 7.92. The van der Waals surface area contributed by atoms with E-state index in [-0.39, 0.29) is 0 Å². The average Bonchev–Trinajstić information content (AvgIpc) is 2.93. The van der Waals surface area contributed by atoms with Crippen LogP contribution >= 0.6 is 11.3 Å². The molecule has 2 heterocycles. The third-order valence-corrected chi connectivity index (χ3v) is 3.44. The van der Waals surface area contributed by atoms with Crippen molar-refractivity contribution >= 4 is 27.5 Å². The highest BCUT2D eigenvalue weighted by atomic mass is 32.1. The van der Waals surface area contributed by atoms with Crippen LogP contribution in [0, 0.1) is 0 Å². The van der Waals surface area contributed by atoms with Crippen LogP contribution in [0.4, 0.5) is 5.95 Å². The van der Waals surface area contributed by atoms with Gasteiger partial charge in [0.25, 0.3) is 0 Å². The quantitative estimate of drug-likeness (QED) is 0.719. The first-order valence-electron chi connectivity index (χ1n) is 7.04. The molecule has 0 saturated carbocycles. The van der Waals surface area contributed by atoms with Gasteiger partial charge in [-0.25, -0.2) is 4.98 Å². The topological polar surface area (TPSA) is 56.3 Å². The molecule has 5 nitrogen and oxygen atoms in total. The molecule has 1 N–H and O–H groups in total. The van der Waals surface area contributed by atoms with E-state index in [1.54, 1.807) is 11.3 Å². The molecule has 0 atom stereocenters. The van der Waals surface area contributed by atoms with E-state index in [0.29, 0.717) is 25.0 Å². The van der Waals surface area contributed by atoms with Crippen LogP contribution in [0.3, 0.4) is 0 Å². The van der Waals surface area contributed by atoms with Crippen LogP contribution in [0.5, 0.6) is 5.88 Å². The average molecular weight is 295 g/mol. The van der Waals surface area contributed by atoms with Crippen molar-refractivity contribution in [2.75, 3.05) is 31.7 Å². The van der Waals surface area contributed by atoms with Gasteiger partial charge in [-0.3, -0.25) is 0 Å². The number of aromatic nitrogens is 2. The summed E-state index contributed by atoms with van der Waals surface area (Å²) in [5.74, 6) is 1.27. The Kier molecular flexibility index (Phi) is 6.01. The molecule has 0 spiro atoms. The fourth-order valence-corrected chi connectivity index (χ4v) is 2.45. The minimum absolute atomic E-state index is 0.509. The number of hydrogen-bond donors (Lipinski definition) is 1. The molecule has 0 saturated heterocycles. The maximum absolute atomic E-state index is 5.74. The SMILES string of the molecule is CCCNc1nc(OCCOCCC)c2ccsc2n1. The zero-order valence-corrected chi connectivity index (χ0v) is 12.8. The Morgan fingerprint density at radius 3 is 2.85 bits per heavy atom. The van der Waals surface area contributed by atoms with E-state index in [4.69, 9.17) is 9.47 Å². The molecule has 110 valence electrons. The Bertz CT molecular complexity index is 530. The molecule has 0 aromatic carbocycles. The maximum atomic E-state index is 5.74. The second-order valence-corrected chi connectivity index (χ2v) is 5.27. The van der Waals surface area contributed by atoms with Crippen molar-refractivity contribution < 1.29 is 9.47 Å². The summed E-state index contributed by atoms with van der Waals surface area (Å²) in [7, 11) is 0. The molecule has 0 amide bonds. The summed E-state index contributed by atoms with van der Waals surface area (Å²) in [6.07, 6.45) is 2.06. The molecule has 2 aromatic heterocycles. The molecule has 0 unspecified atom stereocenters. The molecular formula is C14H21N3O2S. The van der Waals surface area contributed by atoms with Crippen LogP contribution in [0.25, 0.3) is 10.2 Å². The van der Waals surface area contributed by atoms with Gasteiger partial charge in [0.1, 0.15) is 11.4 Å². The molecule has 0 radical (unpaired) electrons. The van der Waals surface area contributed by atoms with Gasteiger partial charge >= 0.3 is 0 Å². The van der Waals surface area contributed by atoms with Gasteiger partial charge in [-0.05, 0) is 24.3 Å². The fraction of sp³-hybridized carbons (Fsp3) is 0.571. The first-order chi connectivity index (χ1) is 9.85. The number of hydrogen-bond acceptors (Lipinski definition) is 6. The number of rotatable bonds is 9. The van der Waals surface area contributed by atoms with Crippen LogP contribution in [0.15, 0.2) is 11.4 Å². The molecular weight excluding hydrogens is 274 g/mol. The third-order valence-electron chi connectivity index (χ3n) is 2.64. The standard InChI is InChI=1S/C14H21N3O2S/c1-3-6-15-14-16-12(19-9-8-18-7-4-2)11-5-10-20-13(11)17-14/h5,10H,3-4,6-9H2,1-2H3,(H,15,16,17). The lowest BCUT2D eigenvalue weighted by Crippen LogP contribution is -2.10. The van der Waals surface area contributed by atoms with E-state index in [2.05, 4.69) is 29.1 Å². The van der Waals surface area contributed by atoms with Crippen LogP contribution in [0.1, 0.15) is 26.7 Å². The Morgan fingerprint density at radius 1 is 1.15 bits per heavy atom. The minimum atomic E-state index is 0.509. The molecule has 2 rings (SSSR count). The van der Waals surface area contributed by atoms with Gasteiger partial charge in [0.05, 0.1) is 12.0 Å². The lowest BCUT2D eigenvalue weighted by atomic mass is 10.4. The van der Waals surface area contributed by atoms with Gasteiger partial charge in [-0.1, -0.05) is 13.8 Å². The Morgan fingerprint density at radius 2 is 2.05 bits per heavy atom. The lowest BCUT2D eigenvalue weighted by molar-refractivity contribution is 0.0996. The number of nitrogens with one attached hydrogen (secondary N) is 1. The normalized spacial score (nSPS) is 10.9. The summed E-state index contributed by atoms with van der Waals surface area (Å²) in [5.41, 5.74) is 0. The zero-order valence-electron chi connectivity index (χ0n) is 12.0. The summed E-state index contributed by atoms with van der Waals surface area (Å²) in [5, 5.41) is 6.17. The maximum Gasteiger partial charge on any atom is 0.227 e. The molecule has 0 bridgehead atoms. The molecule has 6 heteroatoms. The highest BCUT2D eigenvalue weighted by Crippen LogP contribution is 2.28. The van der Waals surface area contributed by atoms with Gasteiger partial charge in [-0.15, -0.1) is 11.3 Å². The van der Waals surface area contributed by atoms with Crippen LogP contribution < -0.4 is 10.1 Å². The number of ether oxygens (including phenoxy) is 2. The van der Waals surface area contributed by atoms with E-state index >= 15 is 0 Å². The highest BCUT2D eigenvalue weighted by molar-refractivity contribution is 7.16. The Labute approximate surface area is 123 Å². The number of fused-ring (bicyclic) bond motifs is 1. The van der Waals surface area contributed by atoms with E-state index in [9.17, 15) is 0 Å². The highest BCUT2D eigenvalue weighted by Gasteiger charge is 2.09. The van der Waals surface area contributed by atoms with Crippen molar-refractivity contribution in [2.45, 2.75) is 26.7 Å². The number of thiophene rings is 1. The Balaban J connectivity index is 2.03. The van der Waals surface area contributed by atoms with Crippen LogP contribution in [-0.2, 0) is 4.74 Å². The summed E-state index contributed by atoms with van der Waals surface area (Å²) in [4.78, 5) is 9.86. The number of nitrogens with zero attached hydrogens (tertiary/aromatic N) is 2. The number of anilines is 1. The first kappa shape index (κ1) is 15.0. The summed E-state index contributed by atoms with van der Waals surface area (Å²) in [6.45, 7) is 6.92. The predicted molar refractivity (Wildman–Crippen MR) is 82.8 cm³/mol. The molecule has 0 aliphatic carbocycles. The van der Waals surface area contributed by atoms with Gasteiger partial charge in [-0.2, -0.15) is 4.98 Å². The van der Waals surface area contributed by atoms with Crippen molar-refractivity contribution in [3.05, 3.63) is 11.4 Å². The summed E-state index contributed by atoms with van der Waals surface area (Å²) >= 11 is 1.59. The van der Waals surface area contributed by atoms with Gasteiger partial charge < -0.3 is 14.8 Å². The molecule has 0 aliphatic heterocycles. The van der Waals surface area contributed by atoms with Crippen molar-refractivity contribution in [2.24, 2.45) is 0 Å². The van der Waals surface area contributed by atoms with Crippen molar-refractivity contribution in [3.63, 3.8) is 0 Å². The van der Waals surface area contributed by atoms with Crippen molar-refractivity contribution in [1.82, 2.24) is 9.97 Å². The predicted octanol–water partition coefficient (Wildman–Crippen LogP) is 3.32. The minimum Gasteiger partial charge on any atom is -0.475 e. The molecule has 0 aliphatic rings. The lowest BCUT2D eigenvalue weighted by Gasteiger charge is -2.09. The fourth-order valence-electron chi connectivity index (χ4n) is 1.70. The van der Waals surface area contributed by atoms with E-state index in [0.717, 1.165) is 36.2 Å². The Hall–Kier alpha value is -1.40. The van der Waals surface area contributed by atoms with Gasteiger partial charge in [0.15, 0.2) is 0 Å². The van der Waals surface area contributed by atoms with E-state index < -0.39 is 0 Å². The van der Waals surface area contributed by atoms with E-state index in [1.807, 2.05) is 11.4 Å². The summed E-state index contributed by atoms with van der Waals surface area (Å²) < 4.78 is 11.1. The largest absolute Gasteiger partial charge is 0.475 e. The van der Waals surface area contributed by atoms with Crippen LogP contribution in [0.2, 0.25) is 0 Å². The smallest absolute Gasteiger partial charge is 0.227 e. The second kappa shape index (κ2) is 8.01. The van der Waals surface area contributed by atoms with Gasteiger partial charge in [0.2, 0.25) is 11.8 Å². The monoisotopic (exact) mass is 295 g/mol. The molecule has 20 heavy (non-hydrogen) atoms. The van der Waals surface area contributed by atoms with Crippen molar-refractivity contribution in [3.8, 4) is 5.88 Å². The third kappa shape index (κ3) is 4.05. The summed E-state index contributed by atoms with van der Waals surface area (Å²) in [6, 6.07) is 1.99. The van der Waals surface area contributed by atoms with Crippen molar-refractivity contribution in [1.29, 1.82) is 0 Å². The van der Waals surface area contributed by atoms with Gasteiger partial charge in [0, 0.05) is 13.2 Å². The molecule has 0 fully saturated rings. The zero-order chi connectivity index (χ0) is 14.2. The van der Waals surface area contributed by atoms with E-state index in [1.165, 1.54) is 0 Å². The second-order valence-electron chi connectivity index (χ2n) is 4.38. The molecule has 2 aromatic rings.